The SMILES string of the molecule is [2H]C([2H])(CCCCCCCCCC)C(=O)N[C@@H](CO)C(=O)O. The maximum atomic E-state index is 11.7. The lowest BCUT2D eigenvalue weighted by Crippen LogP contribution is -2.43. The van der Waals surface area contributed by atoms with Crippen molar-refractivity contribution in [3.05, 3.63) is 0 Å². The molecule has 0 aromatic carbocycles. The van der Waals surface area contributed by atoms with Crippen LogP contribution in [0.3, 0.4) is 0 Å². The van der Waals surface area contributed by atoms with E-state index in [-0.39, 0.29) is 6.42 Å². The van der Waals surface area contributed by atoms with E-state index in [2.05, 4.69) is 6.92 Å². The number of carboxylic acid groups (broad SMARTS) is 1. The fraction of sp³-hybridized carbons (Fsp3) is 0.867. The Morgan fingerprint density at radius 2 is 1.55 bits per heavy atom. The third kappa shape index (κ3) is 10.8. The van der Waals surface area contributed by atoms with Gasteiger partial charge in [0.05, 0.1) is 6.61 Å². The molecule has 0 fully saturated rings. The molecule has 0 rings (SSSR count). The highest BCUT2D eigenvalue weighted by Gasteiger charge is 2.17. The van der Waals surface area contributed by atoms with Gasteiger partial charge in [-0.25, -0.2) is 4.79 Å². The Hall–Kier alpha value is -1.10. The smallest absolute Gasteiger partial charge is 0.328 e. The van der Waals surface area contributed by atoms with Crippen LogP contribution in [0.2, 0.25) is 0 Å². The number of carbonyl (C=O) groups excluding carboxylic acids is 1. The van der Waals surface area contributed by atoms with E-state index in [1.165, 1.54) is 25.7 Å². The summed E-state index contributed by atoms with van der Waals surface area (Å²) in [5, 5.41) is 19.6. The van der Waals surface area contributed by atoms with E-state index in [1.54, 1.807) is 0 Å². The summed E-state index contributed by atoms with van der Waals surface area (Å²) in [4.78, 5) is 22.4. The van der Waals surface area contributed by atoms with Crippen LogP contribution in [0.4, 0.5) is 0 Å². The molecule has 0 heterocycles. The summed E-state index contributed by atoms with van der Waals surface area (Å²) < 4.78 is 15.4. The number of carbonyl (C=O) groups is 2. The second kappa shape index (κ2) is 12.9. The van der Waals surface area contributed by atoms with Crippen LogP contribution in [0.1, 0.15) is 73.8 Å². The molecule has 0 saturated heterocycles. The number of unbranched alkanes of at least 4 members (excludes halogenated alkanes) is 7. The van der Waals surface area contributed by atoms with Crippen LogP contribution >= 0.6 is 0 Å². The zero-order valence-electron chi connectivity index (χ0n) is 14.4. The molecule has 0 bridgehead atoms. The maximum Gasteiger partial charge on any atom is 0.328 e. The Kier molecular flexibility index (Phi) is 9.87. The molecule has 0 aliphatic carbocycles. The van der Waals surface area contributed by atoms with Gasteiger partial charge in [-0.3, -0.25) is 4.79 Å². The van der Waals surface area contributed by atoms with Crippen molar-refractivity contribution >= 4 is 11.9 Å². The fourth-order valence-corrected chi connectivity index (χ4v) is 1.86. The molecule has 118 valence electrons. The Bertz CT molecular complexity index is 338. The fourth-order valence-electron chi connectivity index (χ4n) is 1.86. The second-order valence-corrected chi connectivity index (χ2v) is 4.95. The van der Waals surface area contributed by atoms with E-state index < -0.39 is 30.9 Å². The topological polar surface area (TPSA) is 86.6 Å². The van der Waals surface area contributed by atoms with Crippen molar-refractivity contribution in [2.75, 3.05) is 6.61 Å². The van der Waals surface area contributed by atoms with Crippen LogP contribution in [0.25, 0.3) is 0 Å². The molecule has 1 atom stereocenters. The third-order valence-electron chi connectivity index (χ3n) is 3.10. The average molecular weight is 289 g/mol. The van der Waals surface area contributed by atoms with Crippen molar-refractivity contribution in [1.29, 1.82) is 0 Å². The summed E-state index contributed by atoms with van der Waals surface area (Å²) in [7, 11) is 0. The number of carboxylic acids is 1. The molecule has 0 aromatic rings. The molecule has 0 spiro atoms. The number of aliphatic carboxylic acids is 1. The largest absolute Gasteiger partial charge is 0.480 e. The highest BCUT2D eigenvalue weighted by Crippen LogP contribution is 2.10. The lowest BCUT2D eigenvalue weighted by Gasteiger charge is -2.11. The summed E-state index contributed by atoms with van der Waals surface area (Å²) in [6, 6.07) is -1.46. The zero-order valence-corrected chi connectivity index (χ0v) is 12.4. The molecular formula is C15H29NO4. The first kappa shape index (κ1) is 15.3. The van der Waals surface area contributed by atoms with E-state index in [0.29, 0.717) is 6.42 Å². The van der Waals surface area contributed by atoms with Crippen LogP contribution in [-0.4, -0.2) is 34.7 Å². The summed E-state index contributed by atoms with van der Waals surface area (Å²) in [6.45, 7) is 1.41. The van der Waals surface area contributed by atoms with Crippen molar-refractivity contribution in [2.45, 2.75) is 77.1 Å². The molecule has 0 unspecified atom stereocenters. The van der Waals surface area contributed by atoms with Crippen molar-refractivity contribution in [3.8, 4) is 0 Å². The third-order valence-corrected chi connectivity index (χ3v) is 3.10. The molecule has 0 aliphatic rings. The lowest BCUT2D eigenvalue weighted by molar-refractivity contribution is -0.142. The van der Waals surface area contributed by atoms with Gasteiger partial charge in [0.25, 0.3) is 0 Å². The van der Waals surface area contributed by atoms with Gasteiger partial charge in [0.2, 0.25) is 5.91 Å². The van der Waals surface area contributed by atoms with Gasteiger partial charge in [-0.05, 0) is 6.42 Å². The number of aliphatic hydroxyl groups excluding tert-OH is 1. The van der Waals surface area contributed by atoms with E-state index in [0.717, 1.165) is 19.3 Å². The average Bonchev–Trinajstić information content (AvgIpc) is 2.46. The van der Waals surface area contributed by atoms with Gasteiger partial charge in [0.15, 0.2) is 0 Å². The van der Waals surface area contributed by atoms with Gasteiger partial charge in [-0.2, -0.15) is 0 Å². The summed E-state index contributed by atoms with van der Waals surface area (Å²) in [5.41, 5.74) is 0. The minimum absolute atomic E-state index is 0.0611. The van der Waals surface area contributed by atoms with Crippen LogP contribution < -0.4 is 5.32 Å². The second-order valence-electron chi connectivity index (χ2n) is 4.95. The number of hydrogen-bond acceptors (Lipinski definition) is 3. The summed E-state index contributed by atoms with van der Waals surface area (Å²) in [5.74, 6) is -2.35. The van der Waals surface area contributed by atoms with Gasteiger partial charge >= 0.3 is 5.97 Å². The Morgan fingerprint density at radius 3 is 2.00 bits per heavy atom. The maximum absolute atomic E-state index is 11.7. The highest BCUT2D eigenvalue weighted by molar-refractivity contribution is 5.83. The molecule has 0 radical (unpaired) electrons. The van der Waals surface area contributed by atoms with Crippen molar-refractivity contribution in [2.24, 2.45) is 0 Å². The van der Waals surface area contributed by atoms with Crippen molar-refractivity contribution < 1.29 is 22.5 Å². The highest BCUT2D eigenvalue weighted by atomic mass is 16.4. The molecule has 3 N–H and O–H groups in total. The first-order valence-electron chi connectivity index (χ1n) is 8.49. The predicted octanol–water partition coefficient (Wildman–Crippen LogP) is 2.47. The standard InChI is InChI=1S/C15H29NO4/c1-2-3-4-5-6-7-8-9-10-11-14(18)16-13(12-17)15(19)20/h13,17H,2-12H2,1H3,(H,16,18)(H,19,20)/t13-/m0/s1/i11D2. The molecule has 1 amide bonds. The zero-order chi connectivity index (χ0) is 17.0. The van der Waals surface area contributed by atoms with Gasteiger partial charge in [0, 0.05) is 9.11 Å². The molecule has 5 nitrogen and oxygen atoms in total. The molecule has 0 aliphatic heterocycles. The first-order valence-corrected chi connectivity index (χ1v) is 7.49. The number of aliphatic hydroxyl groups is 1. The van der Waals surface area contributed by atoms with Gasteiger partial charge in [0.1, 0.15) is 6.04 Å². The van der Waals surface area contributed by atoms with Crippen LogP contribution in [0.5, 0.6) is 0 Å². The molecule has 0 saturated carbocycles. The predicted molar refractivity (Wildman–Crippen MR) is 78.5 cm³/mol. The number of hydrogen-bond donors (Lipinski definition) is 3. The van der Waals surface area contributed by atoms with E-state index in [9.17, 15) is 9.59 Å². The first-order chi connectivity index (χ1) is 10.3. The minimum atomic E-state index is -2.11. The van der Waals surface area contributed by atoms with Crippen molar-refractivity contribution in [1.82, 2.24) is 5.32 Å². The minimum Gasteiger partial charge on any atom is -0.480 e. The van der Waals surface area contributed by atoms with Crippen molar-refractivity contribution in [3.63, 3.8) is 0 Å². The molecular weight excluding hydrogens is 258 g/mol. The summed E-state index contributed by atoms with van der Waals surface area (Å²) >= 11 is 0. The normalized spacial score (nSPS) is 14.3. The van der Waals surface area contributed by atoms with E-state index in [1.807, 2.05) is 5.32 Å². The van der Waals surface area contributed by atoms with E-state index in [4.69, 9.17) is 13.0 Å². The Morgan fingerprint density at radius 1 is 1.05 bits per heavy atom. The van der Waals surface area contributed by atoms with E-state index >= 15 is 0 Å². The van der Waals surface area contributed by atoms with Gasteiger partial charge in [-0.15, -0.1) is 0 Å². The Labute approximate surface area is 124 Å². The van der Waals surface area contributed by atoms with Crippen LogP contribution in [0, 0.1) is 0 Å². The summed E-state index contributed by atoms with van der Waals surface area (Å²) in [6.07, 6.45) is 6.44. The van der Waals surface area contributed by atoms with Gasteiger partial charge < -0.3 is 15.5 Å². The monoisotopic (exact) mass is 289 g/mol. The van der Waals surface area contributed by atoms with Gasteiger partial charge in [-0.1, -0.05) is 58.3 Å². The molecule has 20 heavy (non-hydrogen) atoms. The number of rotatable bonds is 13. The molecule has 5 heteroatoms. The van der Waals surface area contributed by atoms with Crippen LogP contribution in [-0.2, 0) is 9.59 Å². The quantitative estimate of drug-likeness (QED) is 0.455. The van der Waals surface area contributed by atoms with Crippen LogP contribution in [0.15, 0.2) is 0 Å². The Balaban J connectivity index is 3.93. The number of nitrogens with one attached hydrogen (secondary N) is 1. The lowest BCUT2D eigenvalue weighted by atomic mass is 10.1. The number of amides is 1. The molecule has 0 aromatic heterocycles.